The van der Waals surface area contributed by atoms with Crippen LogP contribution in [0.15, 0.2) is 30.7 Å². The molecule has 1 aromatic heterocycles. The molecule has 1 heterocycles. The van der Waals surface area contributed by atoms with Crippen LogP contribution in [0.2, 0.25) is 0 Å². The van der Waals surface area contributed by atoms with Crippen molar-refractivity contribution in [3.05, 3.63) is 48.1 Å². The summed E-state index contributed by atoms with van der Waals surface area (Å²) in [4.78, 5) is 4.01. The second-order valence-electron chi connectivity index (χ2n) is 2.98. The Balaban J connectivity index is 2.49. The summed E-state index contributed by atoms with van der Waals surface area (Å²) in [5, 5.41) is 0.580. The highest BCUT2D eigenvalue weighted by Crippen LogP contribution is 2.16. The average Bonchev–Trinajstić information content (AvgIpc) is 2.70. The number of nitrogens with zero attached hydrogens (tertiary/aromatic N) is 2. The molecule has 78 valence electrons. The van der Waals surface area contributed by atoms with Gasteiger partial charge in [0.15, 0.2) is 11.6 Å². The summed E-state index contributed by atoms with van der Waals surface area (Å²) < 4.78 is 27.8. The number of alkyl halides is 1. The summed E-state index contributed by atoms with van der Waals surface area (Å²) in [5.74, 6) is -1.72. The monoisotopic (exact) mass is 272 g/mol. The van der Waals surface area contributed by atoms with E-state index in [1.807, 2.05) is 0 Å². The Labute approximate surface area is 93.7 Å². The highest BCUT2D eigenvalue weighted by atomic mass is 79.9. The number of imidazole rings is 1. The van der Waals surface area contributed by atoms with Crippen LogP contribution in [0.4, 0.5) is 8.78 Å². The quantitative estimate of drug-likeness (QED) is 0.769. The van der Waals surface area contributed by atoms with Gasteiger partial charge in [0, 0.05) is 11.5 Å². The third-order valence-corrected chi connectivity index (χ3v) is 2.56. The molecule has 0 unspecified atom stereocenters. The molecule has 0 radical (unpaired) electrons. The van der Waals surface area contributed by atoms with Crippen molar-refractivity contribution < 1.29 is 8.78 Å². The first-order chi connectivity index (χ1) is 7.22. The second-order valence-corrected chi connectivity index (χ2v) is 3.54. The van der Waals surface area contributed by atoms with Crippen molar-refractivity contribution in [1.29, 1.82) is 0 Å². The van der Waals surface area contributed by atoms with Gasteiger partial charge >= 0.3 is 0 Å². The van der Waals surface area contributed by atoms with Crippen molar-refractivity contribution in [2.24, 2.45) is 0 Å². The Morgan fingerprint density at radius 1 is 1.33 bits per heavy atom. The number of hydrogen-bond donors (Lipinski definition) is 0. The molecule has 2 rings (SSSR count). The Morgan fingerprint density at radius 3 is 2.80 bits per heavy atom. The van der Waals surface area contributed by atoms with E-state index in [-0.39, 0.29) is 5.69 Å². The van der Waals surface area contributed by atoms with E-state index in [0.717, 1.165) is 11.8 Å². The molecular weight excluding hydrogens is 266 g/mol. The van der Waals surface area contributed by atoms with Gasteiger partial charge in [-0.15, -0.1) is 0 Å². The Bertz CT molecular complexity index is 482. The Hall–Kier alpha value is -1.23. The van der Waals surface area contributed by atoms with E-state index in [1.165, 1.54) is 23.0 Å². The molecule has 0 aliphatic rings. The van der Waals surface area contributed by atoms with E-state index in [4.69, 9.17) is 0 Å². The Kier molecular flexibility index (Phi) is 2.81. The molecule has 0 saturated heterocycles. The second kappa shape index (κ2) is 4.10. The standard InChI is InChI=1S/C10H7BrF2N2/c11-4-7-5-15(6-14-7)9-3-1-2-8(12)10(9)13/h1-3,5-6H,4H2. The van der Waals surface area contributed by atoms with E-state index >= 15 is 0 Å². The molecule has 0 amide bonds. The van der Waals surface area contributed by atoms with Crippen LogP contribution in [0.25, 0.3) is 5.69 Å². The van der Waals surface area contributed by atoms with E-state index in [0.29, 0.717) is 5.33 Å². The zero-order valence-corrected chi connectivity index (χ0v) is 9.21. The minimum absolute atomic E-state index is 0.162. The van der Waals surface area contributed by atoms with Crippen molar-refractivity contribution in [3.8, 4) is 5.69 Å². The molecule has 0 atom stereocenters. The van der Waals surface area contributed by atoms with Gasteiger partial charge < -0.3 is 4.57 Å². The molecule has 2 nitrogen and oxygen atoms in total. The van der Waals surface area contributed by atoms with Gasteiger partial charge in [-0.3, -0.25) is 0 Å². The fraction of sp³-hybridized carbons (Fsp3) is 0.100. The maximum atomic E-state index is 13.4. The van der Waals surface area contributed by atoms with Crippen LogP contribution in [0.1, 0.15) is 5.69 Å². The molecule has 0 aliphatic carbocycles. The lowest BCUT2D eigenvalue weighted by molar-refractivity contribution is 0.504. The predicted octanol–water partition coefficient (Wildman–Crippen LogP) is 3.05. The van der Waals surface area contributed by atoms with Crippen LogP contribution < -0.4 is 0 Å². The number of aromatic nitrogens is 2. The van der Waals surface area contributed by atoms with Gasteiger partial charge in [-0.2, -0.15) is 0 Å². The van der Waals surface area contributed by atoms with E-state index < -0.39 is 11.6 Å². The van der Waals surface area contributed by atoms with Crippen LogP contribution in [-0.4, -0.2) is 9.55 Å². The first kappa shape index (κ1) is 10.3. The SMILES string of the molecule is Fc1cccc(-n2cnc(CBr)c2)c1F. The molecule has 0 fully saturated rings. The topological polar surface area (TPSA) is 17.8 Å². The first-order valence-electron chi connectivity index (χ1n) is 4.25. The average molecular weight is 273 g/mol. The van der Waals surface area contributed by atoms with Crippen LogP contribution in [0.3, 0.4) is 0 Å². The highest BCUT2D eigenvalue weighted by molar-refractivity contribution is 9.08. The lowest BCUT2D eigenvalue weighted by Crippen LogP contribution is -1.96. The van der Waals surface area contributed by atoms with Gasteiger partial charge in [0.25, 0.3) is 0 Å². The van der Waals surface area contributed by atoms with Gasteiger partial charge in [-0.1, -0.05) is 22.0 Å². The molecule has 0 bridgehead atoms. The highest BCUT2D eigenvalue weighted by Gasteiger charge is 2.09. The van der Waals surface area contributed by atoms with E-state index in [2.05, 4.69) is 20.9 Å². The predicted molar refractivity (Wildman–Crippen MR) is 56.1 cm³/mol. The molecule has 2 aromatic rings. The van der Waals surface area contributed by atoms with Crippen molar-refractivity contribution >= 4 is 15.9 Å². The van der Waals surface area contributed by atoms with Crippen molar-refractivity contribution in [3.63, 3.8) is 0 Å². The zero-order chi connectivity index (χ0) is 10.8. The summed E-state index contributed by atoms with van der Waals surface area (Å²) in [6, 6.07) is 4.04. The molecular formula is C10H7BrF2N2. The van der Waals surface area contributed by atoms with Crippen LogP contribution in [-0.2, 0) is 5.33 Å². The van der Waals surface area contributed by atoms with Gasteiger partial charge in [0.05, 0.1) is 17.7 Å². The molecule has 0 N–H and O–H groups in total. The summed E-state index contributed by atoms with van der Waals surface area (Å²) in [7, 11) is 0. The van der Waals surface area contributed by atoms with Crippen LogP contribution in [0, 0.1) is 11.6 Å². The van der Waals surface area contributed by atoms with E-state index in [9.17, 15) is 8.78 Å². The summed E-state index contributed by atoms with van der Waals surface area (Å²) in [6.07, 6.45) is 3.10. The number of hydrogen-bond acceptors (Lipinski definition) is 1. The molecule has 5 heteroatoms. The molecule has 0 spiro atoms. The largest absolute Gasteiger partial charge is 0.303 e. The van der Waals surface area contributed by atoms with Gasteiger partial charge in [0.1, 0.15) is 0 Å². The number of halogens is 3. The lowest BCUT2D eigenvalue weighted by atomic mass is 10.3. The first-order valence-corrected chi connectivity index (χ1v) is 5.37. The summed E-state index contributed by atoms with van der Waals surface area (Å²) in [5.41, 5.74) is 0.924. The minimum atomic E-state index is -0.865. The van der Waals surface area contributed by atoms with Crippen LogP contribution >= 0.6 is 15.9 Å². The summed E-state index contributed by atoms with van der Waals surface area (Å²) >= 11 is 3.23. The van der Waals surface area contributed by atoms with Gasteiger partial charge in [-0.05, 0) is 12.1 Å². The van der Waals surface area contributed by atoms with Crippen molar-refractivity contribution in [2.45, 2.75) is 5.33 Å². The fourth-order valence-corrected chi connectivity index (χ4v) is 1.55. The number of benzene rings is 1. The molecule has 1 aromatic carbocycles. The maximum Gasteiger partial charge on any atom is 0.182 e. The number of rotatable bonds is 2. The normalized spacial score (nSPS) is 10.6. The molecule has 0 saturated carbocycles. The summed E-state index contributed by atoms with van der Waals surface area (Å²) in [6.45, 7) is 0. The molecule has 15 heavy (non-hydrogen) atoms. The third-order valence-electron chi connectivity index (χ3n) is 1.98. The van der Waals surface area contributed by atoms with Gasteiger partial charge in [0.2, 0.25) is 0 Å². The van der Waals surface area contributed by atoms with Crippen LogP contribution in [0.5, 0.6) is 0 Å². The smallest absolute Gasteiger partial charge is 0.182 e. The van der Waals surface area contributed by atoms with E-state index in [1.54, 1.807) is 6.20 Å². The van der Waals surface area contributed by atoms with Gasteiger partial charge in [-0.25, -0.2) is 13.8 Å². The van der Waals surface area contributed by atoms with Crippen molar-refractivity contribution in [2.75, 3.05) is 0 Å². The third kappa shape index (κ3) is 1.92. The Morgan fingerprint density at radius 2 is 2.13 bits per heavy atom. The maximum absolute atomic E-state index is 13.4. The molecule has 0 aliphatic heterocycles. The fourth-order valence-electron chi connectivity index (χ4n) is 1.26. The lowest BCUT2D eigenvalue weighted by Gasteiger charge is -2.03. The minimum Gasteiger partial charge on any atom is -0.303 e. The zero-order valence-electron chi connectivity index (χ0n) is 7.62. The van der Waals surface area contributed by atoms with Crippen molar-refractivity contribution in [1.82, 2.24) is 9.55 Å².